The number of phenols is 1. The number of aromatic hydroxyl groups is 1. The SMILES string of the molecule is CCNC(=NCc1cccc(OC)c1O)N1CCC(C)(C)C1.I. The highest BCUT2D eigenvalue weighted by Gasteiger charge is 2.30. The maximum absolute atomic E-state index is 10.2. The fourth-order valence-corrected chi connectivity index (χ4v) is 2.74. The van der Waals surface area contributed by atoms with Crippen molar-refractivity contribution in [3.8, 4) is 11.5 Å². The number of hydrogen-bond acceptors (Lipinski definition) is 3. The minimum Gasteiger partial charge on any atom is -0.504 e. The number of ether oxygens (including phenoxy) is 1. The van der Waals surface area contributed by atoms with Gasteiger partial charge in [-0.05, 0) is 24.8 Å². The average molecular weight is 433 g/mol. The van der Waals surface area contributed by atoms with E-state index in [2.05, 4.69) is 36.0 Å². The van der Waals surface area contributed by atoms with Crippen molar-refractivity contribution in [2.45, 2.75) is 33.7 Å². The molecular formula is C17H28IN3O2. The van der Waals surface area contributed by atoms with E-state index in [0.717, 1.165) is 31.2 Å². The van der Waals surface area contributed by atoms with E-state index in [1.807, 2.05) is 12.1 Å². The lowest BCUT2D eigenvalue weighted by molar-refractivity contribution is 0.368. The molecule has 1 aromatic carbocycles. The van der Waals surface area contributed by atoms with Gasteiger partial charge in [-0.25, -0.2) is 4.99 Å². The van der Waals surface area contributed by atoms with Crippen LogP contribution in [0.3, 0.4) is 0 Å². The Morgan fingerprint density at radius 2 is 2.17 bits per heavy atom. The van der Waals surface area contributed by atoms with E-state index in [9.17, 15) is 5.11 Å². The Morgan fingerprint density at radius 3 is 2.74 bits per heavy atom. The Bertz CT molecular complexity index is 547. The summed E-state index contributed by atoms with van der Waals surface area (Å²) in [6, 6.07) is 5.49. The van der Waals surface area contributed by atoms with Crippen LogP contribution in [0.15, 0.2) is 23.2 Å². The molecule has 0 aliphatic carbocycles. The fourth-order valence-electron chi connectivity index (χ4n) is 2.74. The predicted molar refractivity (Wildman–Crippen MR) is 105 cm³/mol. The molecule has 1 aliphatic heterocycles. The highest BCUT2D eigenvalue weighted by molar-refractivity contribution is 14.0. The van der Waals surface area contributed by atoms with E-state index in [0.29, 0.717) is 17.7 Å². The molecule has 1 fully saturated rings. The standard InChI is InChI=1S/C17H27N3O2.HI/c1-5-18-16(20-10-9-17(2,3)12-20)19-11-13-7-6-8-14(22-4)15(13)21;/h6-8,21H,5,9-12H2,1-4H3,(H,18,19);1H. The number of methoxy groups -OCH3 is 1. The van der Waals surface area contributed by atoms with Gasteiger partial charge >= 0.3 is 0 Å². The van der Waals surface area contributed by atoms with Crippen LogP contribution in [0.2, 0.25) is 0 Å². The first-order valence-electron chi connectivity index (χ1n) is 7.85. The van der Waals surface area contributed by atoms with Crippen molar-refractivity contribution in [1.82, 2.24) is 10.2 Å². The van der Waals surface area contributed by atoms with Crippen molar-refractivity contribution in [2.75, 3.05) is 26.7 Å². The zero-order valence-corrected chi connectivity index (χ0v) is 16.8. The van der Waals surface area contributed by atoms with Crippen molar-refractivity contribution in [3.05, 3.63) is 23.8 Å². The number of likely N-dealkylation sites (tertiary alicyclic amines) is 1. The van der Waals surface area contributed by atoms with Gasteiger partial charge in [0.2, 0.25) is 0 Å². The Morgan fingerprint density at radius 1 is 1.43 bits per heavy atom. The van der Waals surface area contributed by atoms with E-state index in [-0.39, 0.29) is 29.7 Å². The van der Waals surface area contributed by atoms with E-state index >= 15 is 0 Å². The third-order valence-electron chi connectivity index (χ3n) is 4.01. The van der Waals surface area contributed by atoms with Gasteiger partial charge in [0.25, 0.3) is 0 Å². The number of para-hydroxylation sites is 1. The Kier molecular flexibility index (Phi) is 7.44. The van der Waals surface area contributed by atoms with E-state index < -0.39 is 0 Å². The van der Waals surface area contributed by atoms with Gasteiger partial charge in [0.15, 0.2) is 17.5 Å². The highest BCUT2D eigenvalue weighted by Crippen LogP contribution is 2.31. The summed E-state index contributed by atoms with van der Waals surface area (Å²) in [4.78, 5) is 6.98. The van der Waals surface area contributed by atoms with Crippen LogP contribution in [0.5, 0.6) is 11.5 Å². The van der Waals surface area contributed by atoms with E-state index in [1.54, 1.807) is 13.2 Å². The number of nitrogens with zero attached hydrogens (tertiary/aromatic N) is 2. The number of phenolic OH excluding ortho intramolecular Hbond substituents is 1. The summed E-state index contributed by atoms with van der Waals surface area (Å²) >= 11 is 0. The molecule has 1 saturated heterocycles. The highest BCUT2D eigenvalue weighted by atomic mass is 127. The molecule has 0 spiro atoms. The van der Waals surface area contributed by atoms with Crippen LogP contribution in [0.1, 0.15) is 32.8 Å². The van der Waals surface area contributed by atoms with Gasteiger partial charge in [0.1, 0.15) is 0 Å². The number of guanidine groups is 1. The number of nitrogens with one attached hydrogen (secondary N) is 1. The van der Waals surface area contributed by atoms with Gasteiger partial charge in [-0.15, -0.1) is 24.0 Å². The molecule has 23 heavy (non-hydrogen) atoms. The number of halogens is 1. The molecule has 0 atom stereocenters. The van der Waals surface area contributed by atoms with Gasteiger partial charge in [-0.2, -0.15) is 0 Å². The van der Waals surface area contributed by atoms with Crippen LogP contribution in [-0.4, -0.2) is 42.7 Å². The number of aliphatic imine (C=N–C) groups is 1. The molecule has 0 aromatic heterocycles. The predicted octanol–water partition coefficient (Wildman–Crippen LogP) is 3.22. The van der Waals surface area contributed by atoms with Crippen LogP contribution in [0.4, 0.5) is 0 Å². The zero-order valence-electron chi connectivity index (χ0n) is 14.4. The summed E-state index contributed by atoms with van der Waals surface area (Å²) in [6.45, 7) is 9.92. The Labute approximate surface area is 156 Å². The zero-order chi connectivity index (χ0) is 16.2. The molecule has 130 valence electrons. The lowest BCUT2D eigenvalue weighted by Crippen LogP contribution is -2.40. The number of hydrogen-bond donors (Lipinski definition) is 2. The summed E-state index contributed by atoms with van der Waals surface area (Å²) < 4.78 is 5.14. The summed E-state index contributed by atoms with van der Waals surface area (Å²) in [7, 11) is 1.55. The maximum atomic E-state index is 10.2. The van der Waals surface area contributed by atoms with Gasteiger partial charge < -0.3 is 20.1 Å². The van der Waals surface area contributed by atoms with E-state index in [1.165, 1.54) is 6.42 Å². The molecule has 1 aromatic rings. The van der Waals surface area contributed by atoms with Gasteiger partial charge in [-0.1, -0.05) is 26.0 Å². The largest absolute Gasteiger partial charge is 0.504 e. The molecule has 6 heteroatoms. The molecule has 1 heterocycles. The lowest BCUT2D eigenvalue weighted by atomic mass is 9.93. The van der Waals surface area contributed by atoms with E-state index in [4.69, 9.17) is 4.74 Å². The first-order chi connectivity index (χ1) is 10.5. The molecule has 2 N–H and O–H groups in total. The molecule has 0 saturated carbocycles. The number of rotatable bonds is 4. The van der Waals surface area contributed by atoms with Gasteiger partial charge in [-0.3, -0.25) is 0 Å². The molecule has 5 nitrogen and oxygen atoms in total. The second-order valence-corrected chi connectivity index (χ2v) is 6.47. The quantitative estimate of drug-likeness (QED) is 0.435. The van der Waals surface area contributed by atoms with Crippen LogP contribution in [0.25, 0.3) is 0 Å². The van der Waals surface area contributed by atoms with Crippen molar-refractivity contribution < 1.29 is 9.84 Å². The van der Waals surface area contributed by atoms with Crippen LogP contribution >= 0.6 is 24.0 Å². The monoisotopic (exact) mass is 433 g/mol. The van der Waals surface area contributed by atoms with Crippen molar-refractivity contribution >= 4 is 29.9 Å². The van der Waals surface area contributed by atoms with Crippen molar-refractivity contribution in [1.29, 1.82) is 0 Å². The second kappa shape index (κ2) is 8.61. The van der Waals surface area contributed by atoms with Gasteiger partial charge in [0, 0.05) is 25.2 Å². The first kappa shape index (κ1) is 19.9. The summed E-state index contributed by atoms with van der Waals surface area (Å²) in [5.41, 5.74) is 1.10. The third-order valence-corrected chi connectivity index (χ3v) is 4.01. The molecule has 2 rings (SSSR count). The van der Waals surface area contributed by atoms with Crippen LogP contribution in [0, 0.1) is 5.41 Å². The molecule has 0 amide bonds. The molecular weight excluding hydrogens is 405 g/mol. The minimum atomic E-state index is 0. The topological polar surface area (TPSA) is 57.1 Å². The molecule has 0 radical (unpaired) electrons. The molecule has 0 bridgehead atoms. The van der Waals surface area contributed by atoms with Crippen LogP contribution in [-0.2, 0) is 6.54 Å². The fraction of sp³-hybridized carbons (Fsp3) is 0.588. The Hall–Kier alpha value is -1.18. The molecule has 1 aliphatic rings. The van der Waals surface area contributed by atoms with Gasteiger partial charge in [0.05, 0.1) is 13.7 Å². The minimum absolute atomic E-state index is 0. The Balaban J connectivity index is 0.00000264. The molecule has 0 unspecified atom stereocenters. The van der Waals surface area contributed by atoms with Crippen molar-refractivity contribution in [3.63, 3.8) is 0 Å². The summed E-state index contributed by atoms with van der Waals surface area (Å²) in [5.74, 6) is 1.57. The van der Waals surface area contributed by atoms with Crippen LogP contribution < -0.4 is 10.1 Å². The first-order valence-corrected chi connectivity index (χ1v) is 7.85. The lowest BCUT2D eigenvalue weighted by Gasteiger charge is -2.23. The smallest absolute Gasteiger partial charge is 0.194 e. The third kappa shape index (κ3) is 5.16. The van der Waals surface area contributed by atoms with Crippen molar-refractivity contribution in [2.24, 2.45) is 10.4 Å². The number of benzene rings is 1. The summed E-state index contributed by atoms with van der Waals surface area (Å²) in [5, 5.41) is 13.5. The normalized spacial score (nSPS) is 16.9. The second-order valence-electron chi connectivity index (χ2n) is 6.47. The summed E-state index contributed by atoms with van der Waals surface area (Å²) in [6.07, 6.45) is 1.17. The maximum Gasteiger partial charge on any atom is 0.194 e. The average Bonchev–Trinajstić information content (AvgIpc) is 2.85.